The first-order valence-electron chi connectivity index (χ1n) is 7.03. The van der Waals surface area contributed by atoms with Crippen LogP contribution in [-0.2, 0) is 4.79 Å². The number of phenols is 1. The first-order valence-corrected chi connectivity index (χ1v) is 7.03. The van der Waals surface area contributed by atoms with Gasteiger partial charge in [0.2, 0.25) is 5.91 Å². The summed E-state index contributed by atoms with van der Waals surface area (Å²) >= 11 is 0. The molecule has 0 bridgehead atoms. The monoisotopic (exact) mass is 277 g/mol. The lowest BCUT2D eigenvalue weighted by atomic mass is 10.1. The van der Waals surface area contributed by atoms with E-state index >= 15 is 0 Å². The predicted octanol–water partition coefficient (Wildman–Crippen LogP) is 1.37. The van der Waals surface area contributed by atoms with Crippen molar-refractivity contribution in [3.63, 3.8) is 0 Å². The number of anilines is 1. The molecule has 1 aliphatic rings. The minimum atomic E-state index is -0.0965. The molecule has 5 heteroatoms. The molecule has 0 spiro atoms. The van der Waals surface area contributed by atoms with Gasteiger partial charge in [-0.1, -0.05) is 6.07 Å². The van der Waals surface area contributed by atoms with Gasteiger partial charge in [0.15, 0.2) is 0 Å². The molecular weight excluding hydrogens is 254 g/mol. The number of nitrogens with one attached hydrogen (secondary N) is 1. The van der Waals surface area contributed by atoms with Crippen molar-refractivity contribution in [2.45, 2.75) is 32.7 Å². The molecular formula is C15H23N3O2. The second kappa shape index (κ2) is 6.24. The molecule has 0 unspecified atom stereocenters. The van der Waals surface area contributed by atoms with Crippen LogP contribution in [0.5, 0.6) is 5.75 Å². The normalized spacial score (nSPS) is 17.1. The Morgan fingerprint density at radius 1 is 1.40 bits per heavy atom. The van der Waals surface area contributed by atoms with E-state index in [4.69, 9.17) is 5.73 Å². The Labute approximate surface area is 119 Å². The van der Waals surface area contributed by atoms with Gasteiger partial charge in [-0.3, -0.25) is 9.69 Å². The molecule has 1 aromatic rings. The second-order valence-electron chi connectivity index (χ2n) is 5.64. The Kier molecular flexibility index (Phi) is 4.62. The molecule has 0 aliphatic carbocycles. The van der Waals surface area contributed by atoms with E-state index in [1.807, 2.05) is 19.9 Å². The average Bonchev–Trinajstić information content (AvgIpc) is 2.38. The number of aromatic hydroxyl groups is 1. The van der Waals surface area contributed by atoms with Gasteiger partial charge in [-0.15, -0.1) is 0 Å². The number of likely N-dealkylation sites (tertiary alicyclic amines) is 1. The summed E-state index contributed by atoms with van der Waals surface area (Å²) in [5, 5.41) is 12.8. The molecule has 1 fully saturated rings. The summed E-state index contributed by atoms with van der Waals surface area (Å²) in [5.41, 5.74) is 8.11. The van der Waals surface area contributed by atoms with E-state index in [1.54, 1.807) is 6.07 Å². The van der Waals surface area contributed by atoms with E-state index in [2.05, 4.69) is 10.2 Å². The van der Waals surface area contributed by atoms with Gasteiger partial charge >= 0.3 is 0 Å². The number of phenolic OH excluding ortho intramolecular Hbond substituents is 1. The maximum Gasteiger partial charge on any atom is 0.238 e. The summed E-state index contributed by atoms with van der Waals surface area (Å²) < 4.78 is 0. The number of nitrogens with two attached hydrogens (primary N) is 1. The fraction of sp³-hybridized carbons (Fsp3) is 0.533. The molecule has 1 aromatic carbocycles. The van der Waals surface area contributed by atoms with Gasteiger partial charge in [-0.25, -0.2) is 0 Å². The third-order valence-electron chi connectivity index (χ3n) is 3.72. The molecule has 2 rings (SSSR count). The summed E-state index contributed by atoms with van der Waals surface area (Å²) in [6, 6.07) is 3.93. The minimum absolute atomic E-state index is 0.0965. The van der Waals surface area contributed by atoms with Crippen molar-refractivity contribution in [1.29, 1.82) is 0 Å². The van der Waals surface area contributed by atoms with Gasteiger partial charge < -0.3 is 16.2 Å². The number of aryl methyl sites for hydroxylation is 2. The molecule has 0 saturated carbocycles. The van der Waals surface area contributed by atoms with Crippen LogP contribution in [0.4, 0.5) is 5.69 Å². The number of piperidine rings is 1. The Morgan fingerprint density at radius 3 is 2.70 bits per heavy atom. The van der Waals surface area contributed by atoms with Crippen molar-refractivity contribution < 1.29 is 9.90 Å². The molecule has 0 radical (unpaired) electrons. The van der Waals surface area contributed by atoms with E-state index in [9.17, 15) is 9.90 Å². The minimum Gasteiger partial charge on any atom is -0.505 e. The lowest BCUT2D eigenvalue weighted by molar-refractivity contribution is -0.117. The zero-order valence-corrected chi connectivity index (χ0v) is 12.1. The predicted molar refractivity (Wildman–Crippen MR) is 79.9 cm³/mol. The molecule has 5 nitrogen and oxygen atoms in total. The third kappa shape index (κ3) is 3.71. The Bertz CT molecular complexity index is 494. The van der Waals surface area contributed by atoms with E-state index in [1.165, 1.54) is 0 Å². The van der Waals surface area contributed by atoms with Gasteiger partial charge in [0.25, 0.3) is 0 Å². The van der Waals surface area contributed by atoms with Crippen LogP contribution < -0.4 is 11.1 Å². The fourth-order valence-corrected chi connectivity index (χ4v) is 2.56. The number of hydrogen-bond donors (Lipinski definition) is 3. The standard InChI is InChI=1S/C15H23N3O2/c1-10-7-11(2)15(20)13(8-10)17-14(19)9-18-5-3-12(16)4-6-18/h7-8,12,20H,3-6,9,16H2,1-2H3,(H,17,19). The maximum absolute atomic E-state index is 12.0. The molecule has 1 aliphatic heterocycles. The molecule has 110 valence electrons. The second-order valence-corrected chi connectivity index (χ2v) is 5.64. The van der Waals surface area contributed by atoms with Crippen LogP contribution in [0.3, 0.4) is 0 Å². The molecule has 0 aromatic heterocycles. The van der Waals surface area contributed by atoms with Crippen LogP contribution in [0.1, 0.15) is 24.0 Å². The largest absolute Gasteiger partial charge is 0.505 e. The smallest absolute Gasteiger partial charge is 0.238 e. The van der Waals surface area contributed by atoms with Crippen molar-refractivity contribution in [2.75, 3.05) is 25.0 Å². The summed E-state index contributed by atoms with van der Waals surface area (Å²) in [7, 11) is 0. The summed E-state index contributed by atoms with van der Waals surface area (Å²) in [4.78, 5) is 14.1. The number of benzene rings is 1. The van der Waals surface area contributed by atoms with Gasteiger partial charge in [-0.2, -0.15) is 0 Å². The number of carbonyl (C=O) groups is 1. The molecule has 1 amide bonds. The first kappa shape index (κ1) is 14.8. The quantitative estimate of drug-likeness (QED) is 0.729. The number of carbonyl (C=O) groups excluding carboxylic acids is 1. The fourth-order valence-electron chi connectivity index (χ4n) is 2.56. The van der Waals surface area contributed by atoms with Crippen molar-refractivity contribution in [3.05, 3.63) is 23.3 Å². The van der Waals surface area contributed by atoms with Gasteiger partial charge in [-0.05, 0) is 43.9 Å². The van der Waals surface area contributed by atoms with Crippen LogP contribution in [0.25, 0.3) is 0 Å². The summed E-state index contributed by atoms with van der Waals surface area (Å²) in [6.45, 7) is 5.82. The van der Waals surface area contributed by atoms with Crippen molar-refractivity contribution in [1.82, 2.24) is 4.90 Å². The van der Waals surface area contributed by atoms with Crippen LogP contribution in [0.15, 0.2) is 12.1 Å². The van der Waals surface area contributed by atoms with Crippen LogP contribution in [-0.4, -0.2) is 41.6 Å². The van der Waals surface area contributed by atoms with Gasteiger partial charge in [0, 0.05) is 19.1 Å². The van der Waals surface area contributed by atoms with Crippen LogP contribution in [0.2, 0.25) is 0 Å². The third-order valence-corrected chi connectivity index (χ3v) is 3.72. The highest BCUT2D eigenvalue weighted by molar-refractivity contribution is 5.94. The van der Waals surface area contributed by atoms with Crippen molar-refractivity contribution in [2.24, 2.45) is 5.73 Å². The Balaban J connectivity index is 1.95. The molecule has 0 atom stereocenters. The highest BCUT2D eigenvalue weighted by atomic mass is 16.3. The molecule has 1 saturated heterocycles. The van der Waals surface area contributed by atoms with E-state index < -0.39 is 0 Å². The van der Waals surface area contributed by atoms with Crippen molar-refractivity contribution in [3.8, 4) is 5.75 Å². The zero-order chi connectivity index (χ0) is 14.7. The average molecular weight is 277 g/mol. The van der Waals surface area contributed by atoms with Gasteiger partial charge in [0.05, 0.1) is 12.2 Å². The molecule has 4 N–H and O–H groups in total. The van der Waals surface area contributed by atoms with Gasteiger partial charge in [0.1, 0.15) is 5.75 Å². The first-order chi connectivity index (χ1) is 9.45. The number of amides is 1. The highest BCUT2D eigenvalue weighted by Gasteiger charge is 2.18. The Hall–Kier alpha value is -1.59. The zero-order valence-electron chi connectivity index (χ0n) is 12.1. The number of hydrogen-bond acceptors (Lipinski definition) is 4. The van der Waals surface area contributed by atoms with Crippen molar-refractivity contribution >= 4 is 11.6 Å². The molecule has 1 heterocycles. The SMILES string of the molecule is Cc1cc(C)c(O)c(NC(=O)CN2CCC(N)CC2)c1. The summed E-state index contributed by atoms with van der Waals surface area (Å²) in [5.74, 6) is 0.0467. The number of rotatable bonds is 3. The highest BCUT2D eigenvalue weighted by Crippen LogP contribution is 2.28. The lowest BCUT2D eigenvalue weighted by Gasteiger charge is -2.29. The Morgan fingerprint density at radius 2 is 2.05 bits per heavy atom. The topological polar surface area (TPSA) is 78.6 Å². The lowest BCUT2D eigenvalue weighted by Crippen LogP contribution is -2.43. The van der Waals surface area contributed by atoms with E-state index in [0.29, 0.717) is 12.2 Å². The summed E-state index contributed by atoms with van der Waals surface area (Å²) in [6.07, 6.45) is 1.87. The molecule has 20 heavy (non-hydrogen) atoms. The van der Waals surface area contributed by atoms with E-state index in [-0.39, 0.29) is 17.7 Å². The van der Waals surface area contributed by atoms with Crippen LogP contribution in [0, 0.1) is 13.8 Å². The van der Waals surface area contributed by atoms with Crippen LogP contribution >= 0.6 is 0 Å². The van der Waals surface area contributed by atoms with E-state index in [0.717, 1.165) is 37.1 Å². The number of nitrogens with zero attached hydrogens (tertiary/aromatic N) is 1. The maximum atomic E-state index is 12.0.